The van der Waals surface area contributed by atoms with Crippen molar-refractivity contribution in [3.8, 4) is 16.8 Å². The highest BCUT2D eigenvalue weighted by Gasteiger charge is 2.46. The Kier molecular flexibility index (Phi) is 6.80. The molecule has 31 heavy (non-hydrogen) atoms. The Balaban J connectivity index is 1.62. The van der Waals surface area contributed by atoms with E-state index in [4.69, 9.17) is 33.2 Å². The maximum Gasteiger partial charge on any atom is 0.145 e. The van der Waals surface area contributed by atoms with Gasteiger partial charge in [-0.1, -0.05) is 40.2 Å². The van der Waals surface area contributed by atoms with Crippen molar-refractivity contribution >= 4 is 46.3 Å². The molecule has 1 saturated heterocycles. The summed E-state index contributed by atoms with van der Waals surface area (Å²) in [5.74, 6) is 0. The molecule has 0 amide bonds. The summed E-state index contributed by atoms with van der Waals surface area (Å²) in [6, 6.07) is 4.07. The Morgan fingerprint density at radius 3 is 2.61 bits per heavy atom. The molecule has 3 aromatic rings. The van der Waals surface area contributed by atoms with E-state index in [-0.39, 0.29) is 15.6 Å². The van der Waals surface area contributed by atoms with Gasteiger partial charge in [0.1, 0.15) is 46.6 Å². The second kappa shape index (κ2) is 9.40. The smallest absolute Gasteiger partial charge is 0.145 e. The lowest BCUT2D eigenvalue weighted by atomic mass is 9.97. The van der Waals surface area contributed by atoms with E-state index >= 15 is 0 Å². The van der Waals surface area contributed by atoms with Crippen LogP contribution < -0.4 is 0 Å². The standard InChI is InChI=1S/C18H15Cl2N5O4S2/c19-10-3-8(4-11(20)9(10)5-21)31-18-16(28)14(15(27)13(7-26)29-18)25-6-12(23-24-25)17-22-1-2-30-17/h1-4,6,13-16,18,26-28H,7H2/t13?,14?,15-,16?,18+/m0/s1. The van der Waals surface area contributed by atoms with Crippen molar-refractivity contribution < 1.29 is 20.1 Å². The minimum atomic E-state index is -1.24. The minimum Gasteiger partial charge on any atom is -0.394 e. The number of nitriles is 1. The first kappa shape index (κ1) is 22.4. The molecule has 0 saturated carbocycles. The molecule has 1 aliphatic rings. The Bertz CT molecular complexity index is 1080. The van der Waals surface area contributed by atoms with E-state index in [0.717, 1.165) is 11.8 Å². The van der Waals surface area contributed by atoms with Crippen LogP contribution in [0.3, 0.4) is 0 Å². The molecule has 0 radical (unpaired) electrons. The summed E-state index contributed by atoms with van der Waals surface area (Å²) in [5, 5.41) is 51.4. The first-order valence-corrected chi connectivity index (χ1v) is 11.4. The number of aromatic nitrogens is 4. The van der Waals surface area contributed by atoms with Gasteiger partial charge in [-0.2, -0.15) is 5.26 Å². The molecule has 0 spiro atoms. The normalized spacial score (nSPS) is 26.0. The van der Waals surface area contributed by atoms with Gasteiger partial charge in [-0.05, 0) is 12.1 Å². The maximum absolute atomic E-state index is 11.0. The number of benzene rings is 1. The van der Waals surface area contributed by atoms with Crippen LogP contribution in [0.25, 0.3) is 10.7 Å². The third-order valence-corrected chi connectivity index (χ3v) is 7.22. The molecule has 4 rings (SSSR count). The Labute approximate surface area is 194 Å². The lowest BCUT2D eigenvalue weighted by molar-refractivity contribution is -0.178. The fourth-order valence-corrected chi connectivity index (χ4v) is 5.63. The van der Waals surface area contributed by atoms with E-state index in [1.54, 1.807) is 17.8 Å². The van der Waals surface area contributed by atoms with Crippen molar-refractivity contribution in [2.45, 2.75) is 34.7 Å². The molecule has 0 bridgehead atoms. The first-order valence-electron chi connectivity index (χ1n) is 8.93. The van der Waals surface area contributed by atoms with Gasteiger partial charge in [0.15, 0.2) is 0 Å². The number of thioether (sulfide) groups is 1. The highest BCUT2D eigenvalue weighted by molar-refractivity contribution is 7.99. The molecule has 0 aliphatic carbocycles. The molecule has 1 aromatic carbocycles. The third kappa shape index (κ3) is 4.44. The quantitative estimate of drug-likeness (QED) is 0.482. The average Bonchev–Trinajstić information content (AvgIpc) is 3.42. The Morgan fingerprint density at radius 2 is 2.00 bits per heavy atom. The molecule has 3 N–H and O–H groups in total. The molecule has 2 aromatic heterocycles. The number of thiazole rings is 1. The molecule has 9 nitrogen and oxygen atoms in total. The number of aliphatic hydroxyl groups is 3. The number of nitrogens with zero attached hydrogens (tertiary/aromatic N) is 5. The lowest BCUT2D eigenvalue weighted by Gasteiger charge is -2.41. The van der Waals surface area contributed by atoms with Gasteiger partial charge in [-0.15, -0.1) is 16.4 Å². The van der Waals surface area contributed by atoms with Gasteiger partial charge in [0.2, 0.25) is 0 Å². The minimum absolute atomic E-state index is 0.150. The number of rotatable bonds is 5. The van der Waals surface area contributed by atoms with Crippen LogP contribution in [0.5, 0.6) is 0 Å². The second-order valence-corrected chi connectivity index (χ2v) is 9.49. The monoisotopic (exact) mass is 499 g/mol. The summed E-state index contributed by atoms with van der Waals surface area (Å²) in [7, 11) is 0. The predicted octanol–water partition coefficient (Wildman–Crippen LogP) is 2.35. The van der Waals surface area contributed by atoms with Gasteiger partial charge in [-0.25, -0.2) is 9.67 Å². The zero-order valence-corrected chi connectivity index (χ0v) is 18.7. The van der Waals surface area contributed by atoms with Crippen molar-refractivity contribution in [2.24, 2.45) is 0 Å². The molecule has 13 heteroatoms. The van der Waals surface area contributed by atoms with Crippen LogP contribution in [0.1, 0.15) is 11.6 Å². The number of halogens is 2. The summed E-state index contributed by atoms with van der Waals surface area (Å²) < 4.78 is 7.07. The van der Waals surface area contributed by atoms with E-state index in [0.29, 0.717) is 15.6 Å². The highest BCUT2D eigenvalue weighted by Crippen LogP contribution is 2.40. The number of hydrogen-bond donors (Lipinski definition) is 3. The van der Waals surface area contributed by atoms with Crippen molar-refractivity contribution in [3.05, 3.63) is 45.5 Å². The number of ether oxygens (including phenoxy) is 1. The lowest BCUT2D eigenvalue weighted by Crippen LogP contribution is -2.55. The van der Waals surface area contributed by atoms with Gasteiger partial charge in [0, 0.05) is 16.5 Å². The van der Waals surface area contributed by atoms with E-state index in [1.165, 1.54) is 28.2 Å². The predicted molar refractivity (Wildman–Crippen MR) is 115 cm³/mol. The molecule has 3 unspecified atom stereocenters. The summed E-state index contributed by atoms with van der Waals surface area (Å²) >= 11 is 14.7. The topological polar surface area (TPSA) is 137 Å². The van der Waals surface area contributed by atoms with Crippen LogP contribution in [-0.2, 0) is 4.74 Å². The molecule has 1 fully saturated rings. The Morgan fingerprint density at radius 1 is 1.26 bits per heavy atom. The van der Waals surface area contributed by atoms with Gasteiger partial charge in [0.25, 0.3) is 0 Å². The number of hydrogen-bond acceptors (Lipinski definition) is 10. The molecule has 3 heterocycles. The average molecular weight is 500 g/mol. The van der Waals surface area contributed by atoms with Crippen LogP contribution in [-0.4, -0.2) is 65.7 Å². The van der Waals surface area contributed by atoms with E-state index in [9.17, 15) is 15.3 Å². The molecule has 1 aliphatic heterocycles. The van der Waals surface area contributed by atoms with Crippen LogP contribution in [0.2, 0.25) is 10.0 Å². The highest BCUT2D eigenvalue weighted by atomic mass is 35.5. The van der Waals surface area contributed by atoms with Crippen LogP contribution in [0, 0.1) is 11.3 Å². The van der Waals surface area contributed by atoms with E-state index < -0.39 is 36.4 Å². The largest absolute Gasteiger partial charge is 0.394 e. The third-order valence-electron chi connectivity index (χ3n) is 4.70. The molecule has 5 atom stereocenters. The van der Waals surface area contributed by atoms with Crippen molar-refractivity contribution in [1.82, 2.24) is 20.0 Å². The van der Waals surface area contributed by atoms with Crippen molar-refractivity contribution in [3.63, 3.8) is 0 Å². The van der Waals surface area contributed by atoms with Crippen LogP contribution in [0.4, 0.5) is 0 Å². The maximum atomic E-state index is 11.0. The fraction of sp³-hybridized carbons (Fsp3) is 0.333. The first-order chi connectivity index (χ1) is 14.9. The number of aliphatic hydroxyl groups excluding tert-OH is 3. The van der Waals surface area contributed by atoms with E-state index in [1.807, 2.05) is 6.07 Å². The zero-order chi connectivity index (χ0) is 22.1. The Hall–Kier alpha value is -1.75. The summed E-state index contributed by atoms with van der Waals surface area (Å²) in [6.45, 7) is -0.468. The van der Waals surface area contributed by atoms with Gasteiger partial charge >= 0.3 is 0 Å². The SMILES string of the molecule is N#Cc1c(Cl)cc(S[C@H]2OC(CO)[C@H](O)C(n3cc(-c4nccs4)nn3)C2O)cc1Cl. The second-order valence-electron chi connectivity index (χ2n) is 6.61. The zero-order valence-electron chi connectivity index (χ0n) is 15.5. The van der Waals surface area contributed by atoms with Crippen LogP contribution >= 0.6 is 46.3 Å². The molecular weight excluding hydrogens is 485 g/mol. The molecular formula is C18H15Cl2N5O4S2. The van der Waals surface area contributed by atoms with Gasteiger partial charge in [0.05, 0.1) is 28.4 Å². The van der Waals surface area contributed by atoms with Gasteiger partial charge < -0.3 is 20.1 Å². The van der Waals surface area contributed by atoms with E-state index in [2.05, 4.69) is 15.3 Å². The van der Waals surface area contributed by atoms with Gasteiger partial charge in [-0.3, -0.25) is 0 Å². The van der Waals surface area contributed by atoms with Crippen molar-refractivity contribution in [1.29, 1.82) is 5.26 Å². The summed E-state index contributed by atoms with van der Waals surface area (Å²) in [5.41, 5.74) is -0.244. The summed E-state index contributed by atoms with van der Waals surface area (Å²) in [6.07, 6.45) is -0.216. The summed E-state index contributed by atoms with van der Waals surface area (Å²) in [4.78, 5) is 4.72. The van der Waals surface area contributed by atoms with Crippen LogP contribution in [0.15, 0.2) is 34.8 Å². The molecule has 162 valence electrons. The fourth-order valence-electron chi connectivity index (χ4n) is 3.21. The van der Waals surface area contributed by atoms with Crippen molar-refractivity contribution in [2.75, 3.05) is 6.61 Å².